The lowest BCUT2D eigenvalue weighted by Gasteiger charge is -2.19. The van der Waals surface area contributed by atoms with Gasteiger partial charge in [-0.3, -0.25) is 4.79 Å². The molecule has 2 N–H and O–H groups in total. The molecule has 1 amide bonds. The average molecular weight is 438 g/mol. The van der Waals surface area contributed by atoms with E-state index in [2.05, 4.69) is 10.0 Å². The summed E-state index contributed by atoms with van der Waals surface area (Å²) in [6.07, 6.45) is 1.41. The zero-order valence-corrected chi connectivity index (χ0v) is 18.2. The molecule has 0 bridgehead atoms. The molecule has 0 saturated heterocycles. The van der Waals surface area contributed by atoms with Crippen molar-refractivity contribution in [3.8, 4) is 0 Å². The first kappa shape index (κ1) is 20.8. The predicted molar refractivity (Wildman–Crippen MR) is 118 cm³/mol. The average Bonchev–Trinajstić information content (AvgIpc) is 3.33. The van der Waals surface area contributed by atoms with Crippen molar-refractivity contribution in [1.29, 1.82) is 0 Å². The van der Waals surface area contributed by atoms with Gasteiger partial charge < -0.3 is 14.5 Å². The molecule has 0 radical (unpaired) electrons. The third-order valence-corrected chi connectivity index (χ3v) is 6.66. The van der Waals surface area contributed by atoms with Gasteiger partial charge in [0.2, 0.25) is 10.0 Å². The molecular formula is C22H23N5O3S. The number of sulfonamides is 1. The summed E-state index contributed by atoms with van der Waals surface area (Å²) in [6, 6.07) is 18.1. The molecule has 4 rings (SSSR count). The van der Waals surface area contributed by atoms with Crippen molar-refractivity contribution < 1.29 is 13.2 Å². The number of hydrogen-bond donors (Lipinski definition) is 2. The Morgan fingerprint density at radius 1 is 1.03 bits per heavy atom. The minimum absolute atomic E-state index is 0.0293. The minimum atomic E-state index is -3.66. The van der Waals surface area contributed by atoms with E-state index in [1.807, 2.05) is 66.2 Å². The normalized spacial score (nSPS) is 12.7. The van der Waals surface area contributed by atoms with Crippen LogP contribution in [0.3, 0.4) is 0 Å². The van der Waals surface area contributed by atoms with Crippen LogP contribution in [0.4, 0.5) is 0 Å². The second-order valence-electron chi connectivity index (χ2n) is 7.21. The van der Waals surface area contributed by atoms with E-state index in [1.165, 1.54) is 23.9 Å². The number of carbonyl (C=O) groups excluding carboxylic acids is 1. The van der Waals surface area contributed by atoms with Crippen LogP contribution in [0.1, 0.15) is 27.9 Å². The Labute approximate surface area is 180 Å². The van der Waals surface area contributed by atoms with E-state index in [4.69, 9.17) is 4.98 Å². The van der Waals surface area contributed by atoms with Gasteiger partial charge in [-0.2, -0.15) is 0 Å². The summed E-state index contributed by atoms with van der Waals surface area (Å²) < 4.78 is 30.0. The lowest BCUT2D eigenvalue weighted by Crippen LogP contribution is -2.32. The van der Waals surface area contributed by atoms with Crippen LogP contribution in [-0.2, 0) is 24.1 Å². The first-order valence-electron chi connectivity index (χ1n) is 9.69. The quantitative estimate of drug-likeness (QED) is 0.484. The van der Waals surface area contributed by atoms with Crippen LogP contribution >= 0.6 is 0 Å². The van der Waals surface area contributed by atoms with Gasteiger partial charge in [-0.25, -0.2) is 18.1 Å². The Morgan fingerprint density at radius 2 is 1.71 bits per heavy atom. The van der Waals surface area contributed by atoms with Gasteiger partial charge in [0.05, 0.1) is 11.0 Å². The van der Waals surface area contributed by atoms with E-state index >= 15 is 0 Å². The maximum absolute atomic E-state index is 13.2. The zero-order valence-electron chi connectivity index (χ0n) is 17.4. The summed E-state index contributed by atoms with van der Waals surface area (Å²) in [6.45, 7) is 0. The highest BCUT2D eigenvalue weighted by Gasteiger charge is 2.25. The molecule has 2 aromatic carbocycles. The highest BCUT2D eigenvalue weighted by molar-refractivity contribution is 7.89. The standard InChI is InChI=1S/C22H23N5O3S/c1-23-31(29,30)16-13-19(26(2)14-16)22(28)25-20(15-9-5-4-6-10-15)21-24-17-11-7-8-12-18(17)27(21)3/h4-14,20,23H,1-3H3,(H,25,28). The van der Waals surface area contributed by atoms with Gasteiger partial charge >= 0.3 is 0 Å². The van der Waals surface area contributed by atoms with Gasteiger partial charge in [-0.05, 0) is 30.8 Å². The summed E-state index contributed by atoms with van der Waals surface area (Å²) in [7, 11) is 1.22. The van der Waals surface area contributed by atoms with Crippen molar-refractivity contribution in [1.82, 2.24) is 24.2 Å². The number of aryl methyl sites for hydroxylation is 2. The molecule has 4 aromatic rings. The van der Waals surface area contributed by atoms with Crippen LogP contribution in [0.2, 0.25) is 0 Å². The molecule has 2 heterocycles. The van der Waals surface area contributed by atoms with E-state index in [-0.39, 0.29) is 10.6 Å². The molecule has 1 unspecified atom stereocenters. The molecule has 8 nitrogen and oxygen atoms in total. The molecule has 0 saturated carbocycles. The maximum Gasteiger partial charge on any atom is 0.268 e. The number of nitrogens with zero attached hydrogens (tertiary/aromatic N) is 3. The van der Waals surface area contributed by atoms with Crippen molar-refractivity contribution in [3.05, 3.63) is 83.9 Å². The number of benzene rings is 2. The molecule has 0 aliphatic heterocycles. The number of para-hydroxylation sites is 2. The third kappa shape index (κ3) is 3.85. The SMILES string of the molecule is CNS(=O)(=O)c1cc(C(=O)NC(c2ccccc2)c2nc3ccccc3n2C)n(C)c1. The van der Waals surface area contributed by atoms with Crippen LogP contribution in [0.5, 0.6) is 0 Å². The molecule has 0 aliphatic rings. The van der Waals surface area contributed by atoms with Gasteiger partial charge in [0, 0.05) is 20.3 Å². The van der Waals surface area contributed by atoms with Gasteiger partial charge in [0.1, 0.15) is 22.5 Å². The summed E-state index contributed by atoms with van der Waals surface area (Å²) in [4.78, 5) is 18.0. The fourth-order valence-electron chi connectivity index (χ4n) is 3.59. The van der Waals surface area contributed by atoms with Gasteiger partial charge in [-0.15, -0.1) is 0 Å². The lowest BCUT2D eigenvalue weighted by molar-refractivity contribution is 0.0933. The van der Waals surface area contributed by atoms with Gasteiger partial charge in [0.15, 0.2) is 0 Å². The van der Waals surface area contributed by atoms with Crippen molar-refractivity contribution >= 4 is 27.0 Å². The Morgan fingerprint density at radius 3 is 2.39 bits per heavy atom. The Kier molecular flexibility index (Phi) is 5.38. The number of aromatic nitrogens is 3. The Balaban J connectivity index is 1.76. The van der Waals surface area contributed by atoms with Crippen molar-refractivity contribution in [2.45, 2.75) is 10.9 Å². The molecule has 0 fully saturated rings. The fraction of sp³-hybridized carbons (Fsp3) is 0.182. The van der Waals surface area contributed by atoms with Crippen LogP contribution in [0.25, 0.3) is 11.0 Å². The number of imidazole rings is 1. The van der Waals surface area contributed by atoms with Gasteiger partial charge in [-0.1, -0.05) is 42.5 Å². The largest absolute Gasteiger partial charge is 0.345 e. The van der Waals surface area contributed by atoms with E-state index in [9.17, 15) is 13.2 Å². The monoisotopic (exact) mass is 437 g/mol. The summed E-state index contributed by atoms with van der Waals surface area (Å²) >= 11 is 0. The lowest BCUT2D eigenvalue weighted by atomic mass is 10.1. The van der Waals surface area contributed by atoms with Crippen LogP contribution in [-0.4, -0.2) is 35.5 Å². The van der Waals surface area contributed by atoms with Crippen molar-refractivity contribution in [3.63, 3.8) is 0 Å². The summed E-state index contributed by atoms with van der Waals surface area (Å²) in [5, 5.41) is 3.03. The number of carbonyl (C=O) groups is 1. The second-order valence-corrected chi connectivity index (χ2v) is 9.10. The molecule has 1 atom stereocenters. The maximum atomic E-state index is 13.2. The van der Waals surface area contributed by atoms with Crippen LogP contribution in [0.15, 0.2) is 71.8 Å². The highest BCUT2D eigenvalue weighted by Crippen LogP contribution is 2.25. The first-order valence-corrected chi connectivity index (χ1v) is 11.2. The topological polar surface area (TPSA) is 98.0 Å². The van der Waals surface area contributed by atoms with E-state index in [0.29, 0.717) is 5.82 Å². The van der Waals surface area contributed by atoms with Crippen molar-refractivity contribution in [2.75, 3.05) is 7.05 Å². The number of rotatable bonds is 6. The molecule has 2 aromatic heterocycles. The number of hydrogen-bond acceptors (Lipinski definition) is 4. The first-order chi connectivity index (χ1) is 14.8. The third-order valence-electron chi connectivity index (χ3n) is 5.28. The highest BCUT2D eigenvalue weighted by atomic mass is 32.2. The molecule has 31 heavy (non-hydrogen) atoms. The van der Waals surface area contributed by atoms with E-state index in [0.717, 1.165) is 16.6 Å². The fourth-order valence-corrected chi connectivity index (χ4v) is 4.39. The van der Waals surface area contributed by atoms with Crippen LogP contribution in [0, 0.1) is 0 Å². The molecular weight excluding hydrogens is 414 g/mol. The Bertz CT molecular complexity index is 1360. The van der Waals surface area contributed by atoms with E-state index in [1.54, 1.807) is 7.05 Å². The number of amides is 1. The van der Waals surface area contributed by atoms with Gasteiger partial charge in [0.25, 0.3) is 5.91 Å². The summed E-state index contributed by atoms with van der Waals surface area (Å²) in [5.74, 6) is 0.277. The predicted octanol–water partition coefficient (Wildman–Crippen LogP) is 2.34. The Hall–Kier alpha value is -3.43. The minimum Gasteiger partial charge on any atom is -0.345 e. The van der Waals surface area contributed by atoms with Crippen LogP contribution < -0.4 is 10.0 Å². The molecule has 160 valence electrons. The zero-order chi connectivity index (χ0) is 22.2. The summed E-state index contributed by atoms with van der Waals surface area (Å²) in [5.41, 5.74) is 2.88. The second kappa shape index (κ2) is 8.01. The smallest absolute Gasteiger partial charge is 0.268 e. The van der Waals surface area contributed by atoms with Crippen molar-refractivity contribution in [2.24, 2.45) is 14.1 Å². The number of nitrogens with one attached hydrogen (secondary N) is 2. The molecule has 0 aliphatic carbocycles. The van der Waals surface area contributed by atoms with E-state index < -0.39 is 22.0 Å². The molecule has 9 heteroatoms. The number of fused-ring (bicyclic) bond motifs is 1. The molecule has 0 spiro atoms.